The molecule has 0 radical (unpaired) electrons. The lowest BCUT2D eigenvalue weighted by Gasteiger charge is -2.21. The van der Waals surface area contributed by atoms with Gasteiger partial charge in [-0.15, -0.1) is 12.4 Å². The number of carbonyl (C=O) groups is 1. The number of methoxy groups -OCH3 is 1. The second kappa shape index (κ2) is 5.35. The summed E-state index contributed by atoms with van der Waals surface area (Å²) in [6.45, 7) is 0.924. The van der Waals surface area contributed by atoms with E-state index in [1.807, 2.05) is 0 Å². The Hall–Kier alpha value is -0.320. The molecule has 66 valence electrons. The standard InChI is InChI=1S/C6H12N2O2.ClH/c1-10-6(9)5-3-2-4-7-8-5;/h5,7-8H,2-4H2,1H3;1H. The summed E-state index contributed by atoms with van der Waals surface area (Å²) in [4.78, 5) is 10.8. The van der Waals surface area contributed by atoms with Crippen LogP contribution in [-0.4, -0.2) is 25.7 Å². The molecular weight excluding hydrogens is 168 g/mol. The molecule has 0 bridgehead atoms. The first-order valence-electron chi connectivity index (χ1n) is 3.41. The van der Waals surface area contributed by atoms with Gasteiger partial charge in [0.25, 0.3) is 0 Å². The molecule has 1 saturated heterocycles. The highest BCUT2D eigenvalue weighted by atomic mass is 35.5. The molecule has 0 amide bonds. The van der Waals surface area contributed by atoms with Crippen molar-refractivity contribution in [2.75, 3.05) is 13.7 Å². The van der Waals surface area contributed by atoms with E-state index in [1.54, 1.807) is 0 Å². The first kappa shape index (κ1) is 10.7. The van der Waals surface area contributed by atoms with Crippen LogP contribution < -0.4 is 10.9 Å². The van der Waals surface area contributed by atoms with E-state index in [4.69, 9.17) is 0 Å². The van der Waals surface area contributed by atoms with Crippen LogP contribution in [0.15, 0.2) is 0 Å². The van der Waals surface area contributed by atoms with E-state index in [0.29, 0.717) is 0 Å². The van der Waals surface area contributed by atoms with Crippen molar-refractivity contribution in [2.45, 2.75) is 18.9 Å². The number of hydrogen-bond donors (Lipinski definition) is 2. The van der Waals surface area contributed by atoms with Crippen molar-refractivity contribution in [3.63, 3.8) is 0 Å². The maximum atomic E-state index is 10.8. The van der Waals surface area contributed by atoms with Crippen LogP contribution in [-0.2, 0) is 9.53 Å². The number of esters is 1. The van der Waals surface area contributed by atoms with Crippen LogP contribution in [0.4, 0.5) is 0 Å². The molecule has 0 spiro atoms. The summed E-state index contributed by atoms with van der Waals surface area (Å²) >= 11 is 0. The largest absolute Gasteiger partial charge is 0.468 e. The van der Waals surface area contributed by atoms with Crippen molar-refractivity contribution in [2.24, 2.45) is 0 Å². The van der Waals surface area contributed by atoms with Gasteiger partial charge < -0.3 is 4.74 Å². The Kier molecular flexibility index (Phi) is 5.19. The van der Waals surface area contributed by atoms with Gasteiger partial charge in [0.15, 0.2) is 0 Å². The van der Waals surface area contributed by atoms with Gasteiger partial charge in [-0.05, 0) is 12.8 Å². The molecule has 0 aromatic rings. The minimum Gasteiger partial charge on any atom is -0.468 e. The minimum absolute atomic E-state index is 0. The first-order chi connectivity index (χ1) is 4.84. The van der Waals surface area contributed by atoms with Gasteiger partial charge >= 0.3 is 5.97 Å². The molecule has 0 aromatic carbocycles. The van der Waals surface area contributed by atoms with E-state index < -0.39 is 0 Å². The van der Waals surface area contributed by atoms with Crippen LogP contribution in [0.25, 0.3) is 0 Å². The average Bonchev–Trinajstić information content (AvgIpc) is 2.05. The average molecular weight is 181 g/mol. The van der Waals surface area contributed by atoms with Crippen LogP contribution in [0.1, 0.15) is 12.8 Å². The molecule has 1 atom stereocenters. The highest BCUT2D eigenvalue weighted by Crippen LogP contribution is 2.00. The normalized spacial score (nSPS) is 23.5. The number of halogens is 1. The molecule has 1 fully saturated rings. The van der Waals surface area contributed by atoms with Gasteiger partial charge in [0.2, 0.25) is 0 Å². The summed E-state index contributed by atoms with van der Waals surface area (Å²) in [6.07, 6.45) is 1.88. The number of hydrazine groups is 1. The number of nitrogens with one attached hydrogen (secondary N) is 2. The smallest absolute Gasteiger partial charge is 0.324 e. The van der Waals surface area contributed by atoms with Crippen LogP contribution in [0.2, 0.25) is 0 Å². The zero-order valence-electron chi connectivity index (χ0n) is 6.42. The fourth-order valence-corrected chi connectivity index (χ4v) is 0.981. The SMILES string of the molecule is COC(=O)C1CCCNN1.Cl. The van der Waals surface area contributed by atoms with E-state index in [1.165, 1.54) is 7.11 Å². The van der Waals surface area contributed by atoms with Crippen LogP contribution >= 0.6 is 12.4 Å². The maximum Gasteiger partial charge on any atom is 0.324 e. The molecule has 1 aliphatic heterocycles. The summed E-state index contributed by atoms with van der Waals surface area (Å²) in [5.41, 5.74) is 5.74. The zero-order chi connectivity index (χ0) is 7.40. The molecule has 0 aliphatic carbocycles. The van der Waals surface area contributed by atoms with Crippen molar-refractivity contribution in [1.82, 2.24) is 10.9 Å². The molecule has 5 heteroatoms. The van der Waals surface area contributed by atoms with Gasteiger partial charge in [0.05, 0.1) is 7.11 Å². The Bertz CT molecular complexity index is 126. The molecule has 4 nitrogen and oxygen atoms in total. The van der Waals surface area contributed by atoms with Gasteiger partial charge in [-0.2, -0.15) is 0 Å². The lowest BCUT2D eigenvalue weighted by atomic mass is 10.1. The predicted octanol–water partition coefficient (Wildman–Crippen LogP) is -0.162. The number of hydrogen-bond acceptors (Lipinski definition) is 4. The Morgan fingerprint density at radius 2 is 2.36 bits per heavy atom. The van der Waals surface area contributed by atoms with Gasteiger partial charge in [0, 0.05) is 6.54 Å². The third-order valence-corrected chi connectivity index (χ3v) is 1.56. The lowest BCUT2D eigenvalue weighted by molar-refractivity contribution is -0.144. The van der Waals surface area contributed by atoms with Crippen LogP contribution in [0.3, 0.4) is 0 Å². The molecule has 0 aromatic heterocycles. The molecule has 1 heterocycles. The van der Waals surface area contributed by atoms with Crippen LogP contribution in [0, 0.1) is 0 Å². The lowest BCUT2D eigenvalue weighted by Crippen LogP contribution is -2.50. The van der Waals surface area contributed by atoms with E-state index in [-0.39, 0.29) is 24.4 Å². The number of ether oxygens (including phenoxy) is 1. The molecule has 1 aliphatic rings. The van der Waals surface area contributed by atoms with Crippen LogP contribution in [0.5, 0.6) is 0 Å². The third-order valence-electron chi connectivity index (χ3n) is 1.56. The molecule has 2 N–H and O–H groups in total. The number of carbonyl (C=O) groups excluding carboxylic acids is 1. The van der Waals surface area contributed by atoms with Gasteiger partial charge in [-0.3, -0.25) is 10.2 Å². The second-order valence-corrected chi connectivity index (χ2v) is 2.29. The second-order valence-electron chi connectivity index (χ2n) is 2.29. The summed E-state index contributed by atoms with van der Waals surface area (Å²) in [6, 6.07) is -0.154. The van der Waals surface area contributed by atoms with Gasteiger partial charge in [-0.25, -0.2) is 5.43 Å². The molecular formula is C6H13ClN2O2. The Morgan fingerprint density at radius 1 is 1.64 bits per heavy atom. The van der Waals surface area contributed by atoms with Gasteiger partial charge in [0.1, 0.15) is 6.04 Å². The Labute approximate surface area is 72.1 Å². The maximum absolute atomic E-state index is 10.8. The Morgan fingerprint density at radius 3 is 2.82 bits per heavy atom. The van der Waals surface area contributed by atoms with E-state index in [0.717, 1.165) is 19.4 Å². The highest BCUT2D eigenvalue weighted by Gasteiger charge is 2.20. The summed E-state index contributed by atoms with van der Waals surface area (Å²) in [5.74, 6) is -0.188. The fraction of sp³-hybridized carbons (Fsp3) is 0.833. The molecule has 0 saturated carbocycles. The van der Waals surface area contributed by atoms with E-state index in [2.05, 4.69) is 15.6 Å². The zero-order valence-corrected chi connectivity index (χ0v) is 7.24. The summed E-state index contributed by atoms with van der Waals surface area (Å²) < 4.78 is 4.55. The first-order valence-corrected chi connectivity index (χ1v) is 3.41. The van der Waals surface area contributed by atoms with Crippen molar-refractivity contribution >= 4 is 18.4 Å². The summed E-state index contributed by atoms with van der Waals surface area (Å²) in [7, 11) is 1.40. The minimum atomic E-state index is -0.188. The molecule has 11 heavy (non-hydrogen) atoms. The topological polar surface area (TPSA) is 50.4 Å². The van der Waals surface area contributed by atoms with Crippen molar-refractivity contribution < 1.29 is 9.53 Å². The van der Waals surface area contributed by atoms with E-state index in [9.17, 15) is 4.79 Å². The van der Waals surface area contributed by atoms with Crippen molar-refractivity contribution in [3.05, 3.63) is 0 Å². The predicted molar refractivity (Wildman–Crippen MR) is 43.4 cm³/mol. The molecule has 1 unspecified atom stereocenters. The monoisotopic (exact) mass is 180 g/mol. The van der Waals surface area contributed by atoms with Gasteiger partial charge in [-0.1, -0.05) is 0 Å². The van der Waals surface area contributed by atoms with E-state index >= 15 is 0 Å². The van der Waals surface area contributed by atoms with Crippen molar-refractivity contribution in [3.8, 4) is 0 Å². The highest BCUT2D eigenvalue weighted by molar-refractivity contribution is 5.85. The summed E-state index contributed by atoms with van der Waals surface area (Å²) in [5, 5.41) is 0. The quantitative estimate of drug-likeness (QED) is 0.551. The Balaban J connectivity index is 0.000001000. The third kappa shape index (κ3) is 3.05. The fourth-order valence-electron chi connectivity index (χ4n) is 0.981. The van der Waals surface area contributed by atoms with Crippen molar-refractivity contribution in [1.29, 1.82) is 0 Å². The molecule has 1 rings (SSSR count). The number of rotatable bonds is 1.